The first-order valence-electron chi connectivity index (χ1n) is 11.0. The van der Waals surface area contributed by atoms with Gasteiger partial charge >= 0.3 is 0 Å². The van der Waals surface area contributed by atoms with Gasteiger partial charge in [0.15, 0.2) is 5.84 Å². The quantitative estimate of drug-likeness (QED) is 0.175. The van der Waals surface area contributed by atoms with E-state index in [4.69, 9.17) is 16.7 Å². The van der Waals surface area contributed by atoms with E-state index in [0.717, 1.165) is 59.6 Å². The third kappa shape index (κ3) is 4.34. The number of benzene rings is 2. The average molecular weight is 458 g/mol. The molecule has 0 amide bonds. The van der Waals surface area contributed by atoms with Crippen LogP contribution in [0.3, 0.4) is 0 Å². The largest absolute Gasteiger partial charge is 0.409 e. The number of nitrogens with one attached hydrogen (secondary N) is 1. The Kier molecular flexibility index (Phi) is 6.09. The first-order chi connectivity index (χ1) is 16.2. The van der Waals surface area contributed by atoms with Crippen molar-refractivity contribution < 1.29 is 5.21 Å². The zero-order chi connectivity index (χ0) is 22.6. The first-order valence-corrected chi connectivity index (χ1v) is 11.4. The van der Waals surface area contributed by atoms with E-state index in [9.17, 15) is 5.21 Å². The molecule has 0 unspecified atom stereocenters. The summed E-state index contributed by atoms with van der Waals surface area (Å²) in [4.78, 5) is 6.33. The predicted octanol–water partition coefficient (Wildman–Crippen LogP) is 5.81. The summed E-state index contributed by atoms with van der Waals surface area (Å²) in [5.41, 5.74) is 6.18. The van der Waals surface area contributed by atoms with Gasteiger partial charge in [0, 0.05) is 58.8 Å². The number of aromatic amines is 1. The fourth-order valence-corrected chi connectivity index (χ4v) is 4.68. The molecule has 2 aromatic carbocycles. The summed E-state index contributed by atoms with van der Waals surface area (Å²) in [5.74, 6) is 0.934. The Morgan fingerprint density at radius 3 is 2.30 bits per heavy atom. The Morgan fingerprint density at radius 2 is 1.64 bits per heavy atom. The summed E-state index contributed by atoms with van der Waals surface area (Å²) in [7, 11) is 0. The number of piperidine rings is 1. The molecule has 2 aromatic heterocycles. The van der Waals surface area contributed by atoms with E-state index in [-0.39, 0.29) is 0 Å². The fraction of sp³-hybridized carbons (Fsp3) is 0.192. The van der Waals surface area contributed by atoms with Gasteiger partial charge in [-0.05, 0) is 42.7 Å². The van der Waals surface area contributed by atoms with Gasteiger partial charge in [0.25, 0.3) is 0 Å². The lowest BCUT2D eigenvalue weighted by atomic mass is 9.87. The van der Waals surface area contributed by atoms with Gasteiger partial charge in [-0.1, -0.05) is 59.2 Å². The van der Waals surface area contributed by atoms with Crippen molar-refractivity contribution in [1.82, 2.24) is 20.1 Å². The molecule has 0 spiro atoms. The lowest BCUT2D eigenvalue weighted by Crippen LogP contribution is -2.38. The van der Waals surface area contributed by atoms with Crippen LogP contribution in [0.4, 0.5) is 0 Å². The zero-order valence-corrected chi connectivity index (χ0v) is 18.8. The molecule has 1 saturated heterocycles. The molecule has 0 radical (unpaired) electrons. The summed E-state index contributed by atoms with van der Waals surface area (Å²) in [6, 6.07) is 21.6. The van der Waals surface area contributed by atoms with E-state index in [2.05, 4.69) is 20.1 Å². The monoisotopic (exact) mass is 457 g/mol. The molecule has 4 aromatic rings. The van der Waals surface area contributed by atoms with Crippen molar-refractivity contribution in [3.05, 3.63) is 95.4 Å². The molecule has 1 fully saturated rings. The average Bonchev–Trinajstić information content (AvgIpc) is 3.32. The molecular weight excluding hydrogens is 434 g/mol. The van der Waals surface area contributed by atoms with Crippen molar-refractivity contribution in [1.29, 1.82) is 0 Å². The van der Waals surface area contributed by atoms with Crippen LogP contribution in [0.2, 0.25) is 5.02 Å². The number of hydrogen-bond acceptors (Lipinski definition) is 4. The van der Waals surface area contributed by atoms with Crippen LogP contribution in [-0.2, 0) is 0 Å². The van der Waals surface area contributed by atoms with E-state index in [1.54, 1.807) is 0 Å². The highest BCUT2D eigenvalue weighted by atomic mass is 35.5. The van der Waals surface area contributed by atoms with Crippen molar-refractivity contribution >= 4 is 17.4 Å². The molecule has 1 aliphatic rings. The van der Waals surface area contributed by atoms with Crippen molar-refractivity contribution in [2.45, 2.75) is 18.8 Å². The van der Waals surface area contributed by atoms with E-state index >= 15 is 0 Å². The van der Waals surface area contributed by atoms with Crippen LogP contribution in [0.15, 0.2) is 84.3 Å². The minimum atomic E-state index is 0.314. The second-order valence-corrected chi connectivity index (χ2v) is 8.59. The molecular formula is C26H24ClN5O. The lowest BCUT2D eigenvalue weighted by molar-refractivity contribution is 0.274. The van der Waals surface area contributed by atoms with Gasteiger partial charge in [-0.25, -0.2) is 0 Å². The Labute approximate surface area is 197 Å². The summed E-state index contributed by atoms with van der Waals surface area (Å²) in [5, 5.41) is 22.0. The van der Waals surface area contributed by atoms with Crippen LogP contribution >= 0.6 is 11.6 Å². The molecule has 2 N–H and O–H groups in total. The number of nitrogens with zero attached hydrogens (tertiary/aromatic N) is 4. The molecule has 3 heterocycles. The topological polar surface area (TPSA) is 77.4 Å². The molecule has 0 atom stereocenters. The molecule has 7 heteroatoms. The van der Waals surface area contributed by atoms with Crippen molar-refractivity contribution in [3.63, 3.8) is 0 Å². The van der Waals surface area contributed by atoms with Crippen LogP contribution in [0.5, 0.6) is 0 Å². The molecule has 0 aliphatic carbocycles. The number of hydrogen-bond donors (Lipinski definition) is 2. The molecule has 6 nitrogen and oxygen atoms in total. The maximum atomic E-state index is 9.67. The summed E-state index contributed by atoms with van der Waals surface area (Å²) < 4.78 is 0. The number of likely N-dealkylation sites (tertiary alicyclic amines) is 1. The van der Waals surface area contributed by atoms with E-state index in [1.165, 1.54) is 0 Å². The van der Waals surface area contributed by atoms with Gasteiger partial charge < -0.3 is 10.1 Å². The predicted molar refractivity (Wildman–Crippen MR) is 131 cm³/mol. The smallest absolute Gasteiger partial charge is 0.175 e. The normalized spacial score (nSPS) is 15.1. The molecule has 33 heavy (non-hydrogen) atoms. The maximum absolute atomic E-state index is 9.67. The number of oxime groups is 1. The zero-order valence-electron chi connectivity index (χ0n) is 18.0. The van der Waals surface area contributed by atoms with Gasteiger partial charge in [0.1, 0.15) is 5.69 Å². The van der Waals surface area contributed by atoms with Gasteiger partial charge in [-0.2, -0.15) is 5.10 Å². The van der Waals surface area contributed by atoms with E-state index in [0.29, 0.717) is 16.8 Å². The van der Waals surface area contributed by atoms with Crippen molar-refractivity contribution in [2.24, 2.45) is 5.16 Å². The van der Waals surface area contributed by atoms with Crippen LogP contribution < -0.4 is 0 Å². The highest BCUT2D eigenvalue weighted by molar-refractivity contribution is 6.30. The summed E-state index contributed by atoms with van der Waals surface area (Å²) in [6.45, 7) is 1.59. The molecule has 166 valence electrons. The van der Waals surface area contributed by atoms with Gasteiger partial charge in [0.05, 0.1) is 0 Å². The molecule has 0 saturated carbocycles. The number of halogens is 1. The van der Waals surface area contributed by atoms with Crippen molar-refractivity contribution in [2.75, 3.05) is 13.1 Å². The molecule has 1 aliphatic heterocycles. The second-order valence-electron chi connectivity index (χ2n) is 8.15. The van der Waals surface area contributed by atoms with Gasteiger partial charge in [-0.3, -0.25) is 10.1 Å². The fourth-order valence-electron chi connectivity index (χ4n) is 4.55. The minimum Gasteiger partial charge on any atom is -0.409 e. The Bertz CT molecular complexity index is 1230. The number of rotatable bonds is 4. The third-order valence-corrected chi connectivity index (χ3v) is 6.46. The van der Waals surface area contributed by atoms with Crippen LogP contribution in [0.25, 0.3) is 22.4 Å². The van der Waals surface area contributed by atoms with Crippen molar-refractivity contribution in [3.8, 4) is 22.4 Å². The Balaban J connectivity index is 1.44. The molecule has 0 bridgehead atoms. The van der Waals surface area contributed by atoms with Gasteiger partial charge in [-0.15, -0.1) is 0 Å². The summed E-state index contributed by atoms with van der Waals surface area (Å²) in [6.07, 6.45) is 5.47. The third-order valence-electron chi connectivity index (χ3n) is 6.21. The maximum Gasteiger partial charge on any atom is 0.175 e. The second kappa shape index (κ2) is 9.46. The minimum absolute atomic E-state index is 0.314. The molecule has 5 rings (SSSR count). The Morgan fingerprint density at radius 1 is 0.939 bits per heavy atom. The van der Waals surface area contributed by atoms with Crippen LogP contribution in [0, 0.1) is 0 Å². The Hall–Kier alpha value is -3.64. The number of aromatic nitrogens is 3. The van der Waals surface area contributed by atoms with Crippen LogP contribution in [0.1, 0.15) is 30.0 Å². The van der Waals surface area contributed by atoms with E-state index in [1.807, 2.05) is 79.1 Å². The highest BCUT2D eigenvalue weighted by Gasteiger charge is 2.28. The lowest BCUT2D eigenvalue weighted by Gasteiger charge is -2.33. The van der Waals surface area contributed by atoms with Gasteiger partial charge in [0.2, 0.25) is 0 Å². The highest BCUT2D eigenvalue weighted by Crippen LogP contribution is 2.40. The SMILES string of the molecule is ON=C(c1ccccc1)N1CCC(c2[nH]nc(-c3ccc(Cl)cc3)c2-c2ccncc2)CC1. The number of H-pyrrole nitrogens is 1. The summed E-state index contributed by atoms with van der Waals surface area (Å²) >= 11 is 6.11. The first kappa shape index (κ1) is 21.2. The van der Waals surface area contributed by atoms with E-state index < -0.39 is 0 Å². The number of amidine groups is 1. The van der Waals surface area contributed by atoms with Crippen LogP contribution in [-0.4, -0.2) is 44.2 Å². The standard InChI is InChI=1S/C26H24ClN5O/c27-22-8-6-19(7-9-22)24-23(18-10-14-28-15-11-18)25(30-29-24)20-12-16-32(17-13-20)26(31-33)21-4-2-1-3-5-21/h1-11,14-15,20,33H,12-13,16-17H2,(H,29,30). The number of pyridine rings is 1.